The van der Waals surface area contributed by atoms with Crippen LogP contribution in [0.3, 0.4) is 0 Å². The number of carbonyl (C=O) groups is 2. The Kier molecular flexibility index (Phi) is 9.61. The van der Waals surface area contributed by atoms with Crippen LogP contribution >= 0.6 is 0 Å². The van der Waals surface area contributed by atoms with E-state index in [1.54, 1.807) is 13.8 Å². The normalized spacial score (nSPS) is 12.8. The number of halogens is 4. The van der Waals surface area contributed by atoms with Gasteiger partial charge in [0, 0.05) is 25.2 Å². The van der Waals surface area contributed by atoms with E-state index in [9.17, 15) is 27.2 Å². The van der Waals surface area contributed by atoms with E-state index in [-0.39, 0.29) is 50.1 Å². The topological polar surface area (TPSA) is 82.3 Å². The summed E-state index contributed by atoms with van der Waals surface area (Å²) in [6, 6.07) is 6.34. The Balaban J connectivity index is 1.60. The number of carbonyl (C=O) groups excluding carboxylic acids is 2. The lowest BCUT2D eigenvalue weighted by molar-refractivity contribution is -0.122. The lowest BCUT2D eigenvalue weighted by atomic mass is 10.1. The van der Waals surface area contributed by atoms with Gasteiger partial charge in [-0.15, -0.1) is 0 Å². The fourth-order valence-corrected chi connectivity index (χ4v) is 2.82. The molecule has 0 aromatic heterocycles. The maximum Gasteiger partial charge on any atom is 0.234 e. The van der Waals surface area contributed by atoms with E-state index in [0.29, 0.717) is 11.1 Å². The van der Waals surface area contributed by atoms with Crippen LogP contribution in [0.15, 0.2) is 36.4 Å². The highest BCUT2D eigenvalue weighted by Crippen LogP contribution is 2.16. The highest BCUT2D eigenvalue weighted by Gasteiger charge is 2.12. The maximum absolute atomic E-state index is 13.3. The van der Waals surface area contributed by atoms with Crippen LogP contribution < -0.4 is 21.3 Å². The molecule has 0 bridgehead atoms. The van der Waals surface area contributed by atoms with Gasteiger partial charge < -0.3 is 21.3 Å². The highest BCUT2D eigenvalue weighted by molar-refractivity contribution is 5.79. The summed E-state index contributed by atoms with van der Waals surface area (Å²) >= 11 is 0. The summed E-state index contributed by atoms with van der Waals surface area (Å²) in [5.74, 6) is -4.42. The van der Waals surface area contributed by atoms with Crippen molar-refractivity contribution in [1.82, 2.24) is 21.3 Å². The molecular formula is C22H26F4N4O2. The fourth-order valence-electron chi connectivity index (χ4n) is 2.82. The van der Waals surface area contributed by atoms with Crippen molar-refractivity contribution >= 4 is 11.8 Å². The van der Waals surface area contributed by atoms with Crippen molar-refractivity contribution in [1.29, 1.82) is 0 Å². The van der Waals surface area contributed by atoms with E-state index >= 15 is 0 Å². The van der Waals surface area contributed by atoms with E-state index in [1.165, 1.54) is 12.1 Å². The van der Waals surface area contributed by atoms with Gasteiger partial charge in [-0.3, -0.25) is 9.59 Å². The molecule has 174 valence electrons. The first-order valence-electron chi connectivity index (χ1n) is 10.1. The molecule has 0 aliphatic rings. The van der Waals surface area contributed by atoms with Crippen molar-refractivity contribution < 1.29 is 27.2 Å². The second-order valence-corrected chi connectivity index (χ2v) is 7.25. The molecule has 4 N–H and O–H groups in total. The summed E-state index contributed by atoms with van der Waals surface area (Å²) in [7, 11) is 0. The molecule has 0 aliphatic carbocycles. The molecule has 2 rings (SSSR count). The van der Waals surface area contributed by atoms with Gasteiger partial charge in [-0.2, -0.15) is 0 Å². The summed E-state index contributed by atoms with van der Waals surface area (Å²) in [6.45, 7) is 3.75. The van der Waals surface area contributed by atoms with Gasteiger partial charge in [0.1, 0.15) is 0 Å². The van der Waals surface area contributed by atoms with E-state index in [0.717, 1.165) is 24.3 Å². The number of benzene rings is 2. The molecule has 2 aromatic rings. The van der Waals surface area contributed by atoms with Crippen molar-refractivity contribution in [3.05, 3.63) is 70.8 Å². The fraction of sp³-hybridized carbons (Fsp3) is 0.364. The monoisotopic (exact) mass is 454 g/mol. The number of hydrogen-bond donors (Lipinski definition) is 4. The molecular weight excluding hydrogens is 428 g/mol. The lowest BCUT2D eigenvalue weighted by Crippen LogP contribution is -2.41. The molecule has 2 atom stereocenters. The van der Waals surface area contributed by atoms with Gasteiger partial charge in [0.15, 0.2) is 23.3 Å². The first-order chi connectivity index (χ1) is 15.2. The van der Waals surface area contributed by atoms with Crippen LogP contribution in [0.1, 0.15) is 37.1 Å². The molecule has 0 spiro atoms. The van der Waals surface area contributed by atoms with E-state index in [2.05, 4.69) is 21.3 Å². The molecule has 0 aliphatic heterocycles. The van der Waals surface area contributed by atoms with E-state index in [4.69, 9.17) is 0 Å². The number of rotatable bonds is 11. The first kappa shape index (κ1) is 25.3. The van der Waals surface area contributed by atoms with Gasteiger partial charge in [-0.05, 0) is 49.2 Å². The Bertz CT molecular complexity index is 867. The first-order valence-corrected chi connectivity index (χ1v) is 10.1. The van der Waals surface area contributed by atoms with Gasteiger partial charge in [0.25, 0.3) is 0 Å². The minimum Gasteiger partial charge on any atom is -0.353 e. The Labute approximate surface area is 183 Å². The molecule has 0 unspecified atom stereocenters. The SMILES string of the molecule is C[C@H](NCC(=O)NCCNC(=O)CN[C@@H](C)c1ccc(F)c(F)c1)c1ccc(F)c(F)c1. The lowest BCUT2D eigenvalue weighted by Gasteiger charge is -2.15. The number of hydrogen-bond acceptors (Lipinski definition) is 4. The summed E-state index contributed by atoms with van der Waals surface area (Å²) in [5, 5.41) is 11.0. The van der Waals surface area contributed by atoms with Gasteiger partial charge >= 0.3 is 0 Å². The van der Waals surface area contributed by atoms with E-state index < -0.39 is 23.3 Å². The predicted molar refractivity (Wildman–Crippen MR) is 112 cm³/mol. The van der Waals surface area contributed by atoms with Crippen LogP contribution in [0.4, 0.5) is 17.6 Å². The van der Waals surface area contributed by atoms with Crippen molar-refractivity contribution in [2.75, 3.05) is 26.2 Å². The molecule has 32 heavy (non-hydrogen) atoms. The van der Waals surface area contributed by atoms with Crippen LogP contribution in [0.2, 0.25) is 0 Å². The van der Waals surface area contributed by atoms with Gasteiger partial charge in [0.05, 0.1) is 13.1 Å². The van der Waals surface area contributed by atoms with Crippen LogP contribution in [-0.4, -0.2) is 38.0 Å². The zero-order valence-corrected chi connectivity index (χ0v) is 17.8. The predicted octanol–water partition coefficient (Wildman–Crippen LogP) is 2.48. The summed E-state index contributed by atoms with van der Waals surface area (Å²) in [6.07, 6.45) is 0. The van der Waals surface area contributed by atoms with Gasteiger partial charge in [0.2, 0.25) is 11.8 Å². The molecule has 10 heteroatoms. The Hall–Kier alpha value is -2.98. The number of amides is 2. The van der Waals surface area contributed by atoms with Crippen LogP contribution in [0.25, 0.3) is 0 Å². The Morgan fingerprint density at radius 2 is 1.06 bits per heavy atom. The van der Waals surface area contributed by atoms with Crippen molar-refractivity contribution in [2.24, 2.45) is 0 Å². The van der Waals surface area contributed by atoms with Crippen LogP contribution in [0, 0.1) is 23.3 Å². The van der Waals surface area contributed by atoms with E-state index in [1.807, 2.05) is 0 Å². The Morgan fingerprint density at radius 3 is 1.41 bits per heavy atom. The molecule has 0 fully saturated rings. The third-order valence-corrected chi connectivity index (χ3v) is 4.79. The molecule has 0 radical (unpaired) electrons. The summed E-state index contributed by atoms with van der Waals surface area (Å²) < 4.78 is 52.5. The highest BCUT2D eigenvalue weighted by atomic mass is 19.2. The second-order valence-electron chi connectivity index (χ2n) is 7.25. The minimum atomic E-state index is -0.954. The largest absolute Gasteiger partial charge is 0.353 e. The Morgan fingerprint density at radius 1 is 0.688 bits per heavy atom. The quantitative estimate of drug-likeness (QED) is 0.311. The average Bonchev–Trinajstić information content (AvgIpc) is 2.77. The van der Waals surface area contributed by atoms with Crippen LogP contribution in [0.5, 0.6) is 0 Å². The molecule has 2 amide bonds. The average molecular weight is 454 g/mol. The molecule has 0 saturated carbocycles. The number of nitrogens with one attached hydrogen (secondary N) is 4. The van der Waals surface area contributed by atoms with Crippen molar-refractivity contribution in [2.45, 2.75) is 25.9 Å². The zero-order chi connectivity index (χ0) is 23.7. The summed E-state index contributed by atoms with van der Waals surface area (Å²) in [5.41, 5.74) is 1.02. The minimum absolute atomic E-state index is 0.0403. The smallest absolute Gasteiger partial charge is 0.234 e. The van der Waals surface area contributed by atoms with Gasteiger partial charge in [-0.25, -0.2) is 17.6 Å². The van der Waals surface area contributed by atoms with Crippen molar-refractivity contribution in [3.63, 3.8) is 0 Å². The van der Waals surface area contributed by atoms with Crippen molar-refractivity contribution in [3.8, 4) is 0 Å². The van der Waals surface area contributed by atoms with Gasteiger partial charge in [-0.1, -0.05) is 12.1 Å². The third-order valence-electron chi connectivity index (χ3n) is 4.79. The molecule has 0 heterocycles. The molecule has 2 aromatic carbocycles. The maximum atomic E-state index is 13.3. The molecule has 6 nitrogen and oxygen atoms in total. The molecule has 0 saturated heterocycles. The second kappa shape index (κ2) is 12.2. The summed E-state index contributed by atoms with van der Waals surface area (Å²) in [4.78, 5) is 23.8. The zero-order valence-electron chi connectivity index (χ0n) is 17.8. The standard InChI is InChI=1S/C22H26F4N4O2/c1-13(15-3-5-17(23)19(25)9-15)29-11-21(31)27-7-8-28-22(32)12-30-14(2)16-4-6-18(24)20(26)10-16/h3-6,9-10,13-14,29-30H,7-8,11-12H2,1-2H3,(H,27,31)(H,28,32)/t13-,14-/m0/s1. The third kappa shape index (κ3) is 7.93. The van der Waals surface area contributed by atoms with Crippen LogP contribution in [-0.2, 0) is 9.59 Å².